The van der Waals surface area contributed by atoms with Crippen molar-refractivity contribution < 1.29 is 114 Å². The van der Waals surface area contributed by atoms with Gasteiger partial charge in [-0.05, 0) is 12.8 Å². The molecule has 32 heteroatoms. The Morgan fingerprint density at radius 3 is 1.48 bits per heavy atom. The van der Waals surface area contributed by atoms with Crippen molar-refractivity contribution in [3.8, 4) is 0 Å². The number of carbonyl (C=O) groups excluding carboxylic acids is 1. The van der Waals surface area contributed by atoms with Gasteiger partial charge >= 0.3 is 47.4 Å². The molecule has 0 heterocycles. The highest BCUT2D eigenvalue weighted by atomic mass is 32.1. The second-order valence-corrected chi connectivity index (χ2v) is 13.8. The summed E-state index contributed by atoms with van der Waals surface area (Å²) >= 11 is 0. The molecule has 0 bridgehead atoms. The summed E-state index contributed by atoms with van der Waals surface area (Å²) in [4.78, 5) is 28.8. The molecule has 0 spiro atoms. The molecule has 1 rings (SSSR count). The third-order valence-corrected chi connectivity index (χ3v) is 7.10. The van der Waals surface area contributed by atoms with E-state index in [0.717, 1.165) is 0 Å². The highest BCUT2D eigenvalue weighted by Gasteiger charge is 2.43. The molecule has 0 amide bonds. The number of halogens is 6. The largest absolute Gasteiger partial charge is 0.569 e. The van der Waals surface area contributed by atoms with E-state index in [1.807, 2.05) is 0 Å². The molecule has 0 saturated carbocycles. The van der Waals surface area contributed by atoms with E-state index in [1.165, 1.54) is 30.3 Å². The lowest BCUT2D eigenvalue weighted by atomic mass is 10.0. The van der Waals surface area contributed by atoms with Crippen molar-refractivity contribution in [3.63, 3.8) is 0 Å². The Balaban J connectivity index is 0.0000185. The van der Waals surface area contributed by atoms with Crippen LogP contribution in [0, 0.1) is 0 Å². The van der Waals surface area contributed by atoms with Gasteiger partial charge in [0.25, 0.3) is 0 Å². The molecule has 19 nitrogen and oxygen atoms in total. The highest BCUT2D eigenvalue weighted by molar-refractivity contribution is 7.59. The first-order valence-corrected chi connectivity index (χ1v) is 18.7. The molecule has 2 N–H and O–H groups in total. The van der Waals surface area contributed by atoms with Crippen LogP contribution in [0.15, 0.2) is 30.3 Å². The van der Waals surface area contributed by atoms with E-state index in [2.05, 4.69) is 46.4 Å². The quantitative estimate of drug-likeness (QED) is 0.0283. The van der Waals surface area contributed by atoms with Crippen LogP contribution in [-0.4, -0.2) is 28.3 Å². The zero-order chi connectivity index (χ0) is 33.2. The first-order chi connectivity index (χ1) is 19.4. The van der Waals surface area contributed by atoms with Crippen LogP contribution in [-0.2, 0) is 73.8 Å². The van der Waals surface area contributed by atoms with Gasteiger partial charge < -0.3 is 0 Å². The Morgan fingerprint density at radius 1 is 0.659 bits per heavy atom. The first kappa shape index (κ1) is 43.7. The third kappa shape index (κ3) is 21.5. The highest BCUT2D eigenvalue weighted by Crippen LogP contribution is 2.65. The maximum atomic E-state index is 14.3. The fourth-order valence-electron chi connectivity index (χ4n) is 2.18. The first-order valence-electron chi connectivity index (χ1n) is 10.1. The summed E-state index contributed by atoms with van der Waals surface area (Å²) in [7, 11) is -37.7. The van der Waals surface area contributed by atoms with Gasteiger partial charge in [0.2, 0.25) is 0 Å². The maximum Gasteiger partial charge on any atom is 0.569 e. The second-order valence-electron chi connectivity index (χ2n) is 6.92. The van der Waals surface area contributed by atoms with Crippen molar-refractivity contribution in [2.24, 2.45) is 0 Å². The molecule has 44 heavy (non-hydrogen) atoms. The van der Waals surface area contributed by atoms with Crippen molar-refractivity contribution in [2.45, 2.75) is 25.4 Å². The maximum absolute atomic E-state index is 14.3. The molecule has 0 radical (unpaired) electrons. The number of ketones is 1. The topological polar surface area (TPSA) is 252 Å². The standard InChI is InChI=1S/C12H16F6O19P6.H2S/c13-38(20,21)28-8-4-7-11(9-12(19)10-5-2-1-3-6-10)29-40(15,24)32-33-42(17,26)36-37-43(18,27)35-34-41(16,25)31-30-39(14,22)23;/h1-3,5-6,11H,4,7-9H2,(H,20,21)(H,22,23);1H2. The molecule has 258 valence electrons. The zero-order valence-corrected chi connectivity index (χ0v) is 26.9. The van der Waals surface area contributed by atoms with Gasteiger partial charge in [0.05, 0.1) is 12.7 Å². The molecule has 1 aromatic carbocycles. The summed E-state index contributed by atoms with van der Waals surface area (Å²) in [6.07, 6.45) is -3.68. The smallest absolute Gasteiger partial charge is 0.299 e. The van der Waals surface area contributed by atoms with E-state index >= 15 is 0 Å². The average molecular weight is 798 g/mol. The molecule has 1 aromatic rings. The Hall–Kier alpha value is -0.280. The molecule has 7 atom stereocenters. The fraction of sp³-hybridized carbons (Fsp3) is 0.417. The lowest BCUT2D eigenvalue weighted by Gasteiger charge is -2.19. The Bertz CT molecular complexity index is 1360. The van der Waals surface area contributed by atoms with Gasteiger partial charge in [0.15, 0.2) is 5.78 Å². The van der Waals surface area contributed by atoms with Crippen LogP contribution in [0.1, 0.15) is 29.6 Å². The molecule has 0 saturated heterocycles. The van der Waals surface area contributed by atoms with Crippen molar-refractivity contribution in [3.05, 3.63) is 35.9 Å². The summed E-state index contributed by atoms with van der Waals surface area (Å²) in [5, 5.41) is 0. The van der Waals surface area contributed by atoms with Crippen LogP contribution >= 0.6 is 60.9 Å². The Morgan fingerprint density at radius 2 is 1.07 bits per heavy atom. The van der Waals surface area contributed by atoms with Crippen LogP contribution < -0.4 is 0 Å². The summed E-state index contributed by atoms with van der Waals surface area (Å²) < 4.78 is 177. The molecule has 0 aliphatic rings. The molecule has 7 unspecified atom stereocenters. The van der Waals surface area contributed by atoms with E-state index in [0.29, 0.717) is 0 Å². The number of carbonyl (C=O) groups is 1. The van der Waals surface area contributed by atoms with Crippen LogP contribution in [0.2, 0.25) is 0 Å². The molecule has 0 aliphatic carbocycles. The summed E-state index contributed by atoms with van der Waals surface area (Å²) in [6.45, 7) is -0.813. The van der Waals surface area contributed by atoms with Gasteiger partial charge in [-0.15, -0.1) is 62.6 Å². The van der Waals surface area contributed by atoms with E-state index in [-0.39, 0.29) is 19.1 Å². The van der Waals surface area contributed by atoms with Crippen LogP contribution in [0.25, 0.3) is 0 Å². The van der Waals surface area contributed by atoms with Crippen molar-refractivity contribution in [2.75, 3.05) is 6.61 Å². The molecule has 0 fully saturated rings. The molecular weight excluding hydrogens is 780 g/mol. The molecule has 0 aromatic heterocycles. The minimum Gasteiger partial charge on any atom is -0.299 e. The van der Waals surface area contributed by atoms with E-state index in [1.54, 1.807) is 0 Å². The van der Waals surface area contributed by atoms with E-state index in [4.69, 9.17) is 9.79 Å². The predicted octanol–water partition coefficient (Wildman–Crippen LogP) is 7.80. The number of Topliss-reactive ketones (excluding diaryl/α,β-unsaturated/α-hetero) is 1. The minimum atomic E-state index is -6.68. The SMILES string of the molecule is O=C(CC(CCCOP(=O)(O)F)OP(=O)(F)OOP(=O)(F)OOP(=O)(F)OOP(=O)(F)OOP(=O)(O)F)c1ccccc1.S. The minimum absolute atomic E-state index is 0. The second kappa shape index (κ2) is 18.3. The number of hydrogen-bond acceptors (Lipinski definition) is 17. The third-order valence-electron chi connectivity index (χ3n) is 3.55. The van der Waals surface area contributed by atoms with E-state index in [9.17, 15) is 57.4 Å². The van der Waals surface area contributed by atoms with Gasteiger partial charge in [-0.2, -0.15) is 13.5 Å². The van der Waals surface area contributed by atoms with Gasteiger partial charge in [-0.1, -0.05) is 30.3 Å². The predicted molar refractivity (Wildman–Crippen MR) is 131 cm³/mol. The van der Waals surface area contributed by atoms with Gasteiger partial charge in [0, 0.05) is 12.0 Å². The summed E-state index contributed by atoms with van der Waals surface area (Å²) in [5.74, 6) is -0.788. The number of benzene rings is 1. The van der Waals surface area contributed by atoms with Gasteiger partial charge in [-0.3, -0.25) is 23.6 Å². The zero-order valence-electron chi connectivity index (χ0n) is 20.6. The average Bonchev–Trinajstić information content (AvgIpc) is 2.86. The molecular formula is C12H18F6O19P6S. The van der Waals surface area contributed by atoms with Crippen molar-refractivity contribution in [1.82, 2.24) is 0 Å². The summed E-state index contributed by atoms with van der Waals surface area (Å²) in [6, 6.07) is 6.94. The Kier molecular flexibility index (Phi) is 18.2. The van der Waals surface area contributed by atoms with Gasteiger partial charge in [-0.25, -0.2) is 27.4 Å². The van der Waals surface area contributed by atoms with Crippen molar-refractivity contribution in [1.29, 1.82) is 0 Å². The monoisotopic (exact) mass is 798 g/mol. The van der Waals surface area contributed by atoms with Crippen LogP contribution in [0.3, 0.4) is 0 Å². The number of rotatable bonds is 22. The molecule has 0 aliphatic heterocycles. The van der Waals surface area contributed by atoms with Crippen LogP contribution in [0.5, 0.6) is 0 Å². The number of hydrogen-bond donors (Lipinski definition) is 2. The fourth-order valence-corrected chi connectivity index (χ4v) is 5.74. The normalized spacial score (nSPS) is 20.7. The van der Waals surface area contributed by atoms with Crippen LogP contribution in [0.4, 0.5) is 25.2 Å². The lowest BCUT2D eigenvalue weighted by Crippen LogP contribution is -2.18. The van der Waals surface area contributed by atoms with Crippen molar-refractivity contribution >= 4 is 66.7 Å². The Labute approximate surface area is 248 Å². The summed E-state index contributed by atoms with van der Waals surface area (Å²) in [5.41, 5.74) is 0.0153. The van der Waals surface area contributed by atoms with E-state index < -0.39 is 85.2 Å². The van der Waals surface area contributed by atoms with Gasteiger partial charge in [0.1, 0.15) is 0 Å². The lowest BCUT2D eigenvalue weighted by molar-refractivity contribution is -0.231.